The van der Waals surface area contributed by atoms with Crippen LogP contribution in [-0.2, 0) is 12.8 Å². The second-order valence-corrected chi connectivity index (χ2v) is 5.71. The average molecular weight is 387 g/mol. The van der Waals surface area contributed by atoms with Gasteiger partial charge in [0.25, 0.3) is 5.82 Å². The molecular weight excluding hydrogens is 377 g/mol. The second kappa shape index (κ2) is 5.77. The van der Waals surface area contributed by atoms with Crippen molar-refractivity contribution in [1.29, 1.82) is 0 Å². The van der Waals surface area contributed by atoms with Crippen molar-refractivity contribution in [3.8, 4) is 5.75 Å². The molecule has 120 valence electrons. The minimum absolute atomic E-state index is 0.0233. The third kappa shape index (κ3) is 3.12. The van der Waals surface area contributed by atoms with Crippen LogP contribution < -0.4 is 4.74 Å². The quantitative estimate of drug-likeness (QED) is 0.667. The summed E-state index contributed by atoms with van der Waals surface area (Å²) in [6.45, 7) is 0.173. The molecule has 0 bridgehead atoms. The fourth-order valence-electron chi connectivity index (χ4n) is 2.13. The SMILES string of the molecule is On1c(C(F)(F)F)nc2c(OCc3ccccc3)cc(Br)cc21. The molecule has 0 unspecified atom stereocenters. The molecule has 8 heteroatoms. The predicted molar refractivity (Wildman–Crippen MR) is 80.4 cm³/mol. The monoisotopic (exact) mass is 386 g/mol. The molecule has 1 heterocycles. The van der Waals surface area contributed by atoms with E-state index >= 15 is 0 Å². The Kier molecular flexibility index (Phi) is 3.93. The molecule has 0 aliphatic rings. The van der Waals surface area contributed by atoms with Gasteiger partial charge in [-0.05, 0) is 17.7 Å². The summed E-state index contributed by atoms with van der Waals surface area (Å²) in [5.74, 6) is -1.24. The van der Waals surface area contributed by atoms with Gasteiger partial charge in [-0.2, -0.15) is 17.9 Å². The van der Waals surface area contributed by atoms with Crippen LogP contribution in [0.15, 0.2) is 46.9 Å². The highest BCUT2D eigenvalue weighted by molar-refractivity contribution is 9.10. The van der Waals surface area contributed by atoms with Crippen LogP contribution in [0.2, 0.25) is 0 Å². The van der Waals surface area contributed by atoms with Crippen molar-refractivity contribution in [2.24, 2.45) is 0 Å². The molecule has 1 aromatic heterocycles. The van der Waals surface area contributed by atoms with Crippen molar-refractivity contribution in [3.63, 3.8) is 0 Å². The topological polar surface area (TPSA) is 47.3 Å². The van der Waals surface area contributed by atoms with Crippen LogP contribution in [0, 0.1) is 0 Å². The van der Waals surface area contributed by atoms with E-state index in [-0.39, 0.29) is 28.1 Å². The van der Waals surface area contributed by atoms with Gasteiger partial charge in [-0.3, -0.25) is 0 Å². The Balaban J connectivity index is 2.03. The van der Waals surface area contributed by atoms with Crippen molar-refractivity contribution >= 4 is 27.0 Å². The molecular formula is C15H10BrF3N2O2. The highest BCUT2D eigenvalue weighted by atomic mass is 79.9. The molecule has 0 saturated carbocycles. The first kappa shape index (κ1) is 15.7. The molecule has 3 aromatic rings. The number of alkyl halides is 3. The summed E-state index contributed by atoms with van der Waals surface area (Å²) in [7, 11) is 0. The molecule has 23 heavy (non-hydrogen) atoms. The van der Waals surface area contributed by atoms with Crippen LogP contribution in [0.25, 0.3) is 11.0 Å². The van der Waals surface area contributed by atoms with Gasteiger partial charge in [0.1, 0.15) is 23.4 Å². The maximum absolute atomic E-state index is 12.9. The van der Waals surface area contributed by atoms with Gasteiger partial charge in [0.15, 0.2) is 0 Å². The van der Waals surface area contributed by atoms with Crippen molar-refractivity contribution < 1.29 is 23.1 Å². The highest BCUT2D eigenvalue weighted by Crippen LogP contribution is 2.35. The summed E-state index contributed by atoms with van der Waals surface area (Å²) < 4.78 is 44.7. The zero-order valence-corrected chi connectivity index (χ0v) is 13.1. The van der Waals surface area contributed by atoms with E-state index in [1.165, 1.54) is 12.1 Å². The second-order valence-electron chi connectivity index (χ2n) is 4.79. The number of nitrogens with zero attached hydrogens (tertiary/aromatic N) is 2. The van der Waals surface area contributed by atoms with E-state index in [9.17, 15) is 18.4 Å². The minimum atomic E-state index is -4.77. The summed E-state index contributed by atoms with van der Waals surface area (Å²) in [6, 6.07) is 12.0. The zero-order valence-electron chi connectivity index (χ0n) is 11.5. The summed E-state index contributed by atoms with van der Waals surface area (Å²) in [5.41, 5.74) is 0.716. The number of hydrogen-bond acceptors (Lipinski definition) is 3. The number of fused-ring (bicyclic) bond motifs is 1. The molecule has 0 radical (unpaired) electrons. The molecule has 0 fully saturated rings. The van der Waals surface area contributed by atoms with E-state index in [1.54, 1.807) is 0 Å². The summed E-state index contributed by atoms with van der Waals surface area (Å²) in [4.78, 5) is 3.48. The first-order valence-corrected chi connectivity index (χ1v) is 7.31. The van der Waals surface area contributed by atoms with E-state index in [2.05, 4.69) is 20.9 Å². The summed E-state index contributed by atoms with van der Waals surface area (Å²) in [5, 5.41) is 9.72. The first-order chi connectivity index (χ1) is 10.9. The predicted octanol–water partition coefficient (Wildman–Crippen LogP) is 4.63. The van der Waals surface area contributed by atoms with E-state index < -0.39 is 12.0 Å². The van der Waals surface area contributed by atoms with E-state index in [0.717, 1.165) is 5.56 Å². The fourth-order valence-corrected chi connectivity index (χ4v) is 2.56. The van der Waals surface area contributed by atoms with E-state index in [4.69, 9.17) is 4.74 Å². The van der Waals surface area contributed by atoms with Gasteiger partial charge in [0.2, 0.25) is 0 Å². The number of halogens is 4. The molecule has 0 spiro atoms. The Morgan fingerprint density at radius 3 is 2.52 bits per heavy atom. The van der Waals surface area contributed by atoms with Crippen LogP contribution in [0.3, 0.4) is 0 Å². The smallest absolute Gasteiger partial charge is 0.453 e. The van der Waals surface area contributed by atoms with E-state index in [1.807, 2.05) is 30.3 Å². The van der Waals surface area contributed by atoms with Gasteiger partial charge in [0.05, 0.1) is 0 Å². The van der Waals surface area contributed by atoms with Crippen molar-refractivity contribution in [3.05, 3.63) is 58.3 Å². The number of rotatable bonds is 3. The fraction of sp³-hybridized carbons (Fsp3) is 0.133. The molecule has 2 aromatic carbocycles. The minimum Gasteiger partial charge on any atom is -0.487 e. The molecule has 0 amide bonds. The first-order valence-electron chi connectivity index (χ1n) is 6.51. The molecule has 0 aliphatic carbocycles. The molecule has 0 saturated heterocycles. The normalized spacial score (nSPS) is 11.8. The maximum atomic E-state index is 12.9. The lowest BCUT2D eigenvalue weighted by Crippen LogP contribution is -2.12. The Bertz CT molecular complexity index is 847. The number of hydrogen-bond donors (Lipinski definition) is 1. The largest absolute Gasteiger partial charge is 0.487 e. The molecule has 3 rings (SSSR count). The molecule has 1 N–H and O–H groups in total. The van der Waals surface area contributed by atoms with Crippen LogP contribution in [0.1, 0.15) is 11.4 Å². The Morgan fingerprint density at radius 1 is 1.17 bits per heavy atom. The lowest BCUT2D eigenvalue weighted by Gasteiger charge is -2.07. The summed E-state index contributed by atoms with van der Waals surface area (Å²) >= 11 is 3.19. The third-order valence-corrected chi connectivity index (χ3v) is 3.61. The van der Waals surface area contributed by atoms with Crippen molar-refractivity contribution in [2.75, 3.05) is 0 Å². The van der Waals surface area contributed by atoms with E-state index in [0.29, 0.717) is 4.47 Å². The Hall–Kier alpha value is -2.22. The molecule has 0 atom stereocenters. The maximum Gasteiger partial charge on any atom is 0.453 e. The van der Waals surface area contributed by atoms with Gasteiger partial charge in [0, 0.05) is 4.47 Å². The molecule has 0 aliphatic heterocycles. The van der Waals surface area contributed by atoms with Crippen LogP contribution >= 0.6 is 15.9 Å². The van der Waals surface area contributed by atoms with Crippen LogP contribution in [0.4, 0.5) is 13.2 Å². The van der Waals surface area contributed by atoms with Gasteiger partial charge in [-0.1, -0.05) is 46.3 Å². The van der Waals surface area contributed by atoms with Crippen molar-refractivity contribution in [2.45, 2.75) is 12.8 Å². The number of imidazole rings is 1. The highest BCUT2D eigenvalue weighted by Gasteiger charge is 2.38. The summed E-state index contributed by atoms with van der Waals surface area (Å²) in [6.07, 6.45) is -4.77. The number of aromatic nitrogens is 2. The standard InChI is InChI=1S/C15H10BrF3N2O2/c16-10-6-11-13(20-14(21(11)22)15(17,18)19)12(7-10)23-8-9-4-2-1-3-5-9/h1-7,22H,8H2. The Morgan fingerprint density at radius 2 is 1.87 bits per heavy atom. The average Bonchev–Trinajstić information content (AvgIpc) is 2.83. The molecule has 4 nitrogen and oxygen atoms in total. The van der Waals surface area contributed by atoms with Gasteiger partial charge < -0.3 is 9.94 Å². The van der Waals surface area contributed by atoms with Gasteiger partial charge in [-0.25, -0.2) is 4.98 Å². The lowest BCUT2D eigenvalue weighted by molar-refractivity contribution is -0.153. The Labute approximate surface area is 137 Å². The van der Waals surface area contributed by atoms with Crippen LogP contribution in [0.5, 0.6) is 5.75 Å². The van der Waals surface area contributed by atoms with Crippen LogP contribution in [-0.4, -0.2) is 14.9 Å². The van der Waals surface area contributed by atoms with Crippen molar-refractivity contribution in [1.82, 2.24) is 9.71 Å². The third-order valence-electron chi connectivity index (χ3n) is 3.16. The zero-order chi connectivity index (χ0) is 16.6. The number of ether oxygens (including phenoxy) is 1. The van der Waals surface area contributed by atoms with Gasteiger partial charge in [-0.15, -0.1) is 0 Å². The number of benzene rings is 2. The lowest BCUT2D eigenvalue weighted by atomic mass is 10.2. The van der Waals surface area contributed by atoms with Gasteiger partial charge >= 0.3 is 6.18 Å².